The maximum atomic E-state index is 4.48. The highest BCUT2D eigenvalue weighted by molar-refractivity contribution is 5.65. The van der Waals surface area contributed by atoms with E-state index < -0.39 is 0 Å². The van der Waals surface area contributed by atoms with Gasteiger partial charge in [0.25, 0.3) is 0 Å². The van der Waals surface area contributed by atoms with Crippen LogP contribution in [0.1, 0.15) is 31.5 Å². The molecule has 2 heterocycles. The summed E-state index contributed by atoms with van der Waals surface area (Å²) in [5, 5.41) is 7.89. The van der Waals surface area contributed by atoms with E-state index in [0.29, 0.717) is 0 Å². The van der Waals surface area contributed by atoms with Crippen LogP contribution in [0.2, 0.25) is 0 Å². The number of nitrogens with zero attached hydrogens (tertiary/aromatic N) is 3. The molecule has 2 aromatic heterocycles. The molecule has 0 amide bonds. The number of nitrogens with one attached hydrogen (secondary N) is 1. The summed E-state index contributed by atoms with van der Waals surface area (Å²) in [5.41, 5.74) is 4.69. The fourth-order valence-corrected chi connectivity index (χ4v) is 2.18. The molecule has 2 rings (SSSR count). The molecule has 0 aromatic carbocycles. The summed E-state index contributed by atoms with van der Waals surface area (Å²) in [6.45, 7) is 6.21. The molecule has 0 aliphatic rings. The SMILES string of the molecule is CCCNCc1cncc(-c2cn(C)nc2CC)c1. The third-order valence-corrected chi connectivity index (χ3v) is 3.10. The molecule has 0 atom stereocenters. The number of aromatic nitrogens is 3. The van der Waals surface area contributed by atoms with Gasteiger partial charge in [0, 0.05) is 43.3 Å². The van der Waals surface area contributed by atoms with Crippen molar-refractivity contribution in [1.82, 2.24) is 20.1 Å². The Kier molecular flexibility index (Phi) is 4.68. The topological polar surface area (TPSA) is 42.7 Å². The zero-order valence-electron chi connectivity index (χ0n) is 12.0. The molecule has 0 fully saturated rings. The van der Waals surface area contributed by atoms with Crippen molar-refractivity contribution in [3.8, 4) is 11.1 Å². The Morgan fingerprint density at radius 1 is 1.26 bits per heavy atom. The van der Waals surface area contributed by atoms with Crippen LogP contribution >= 0.6 is 0 Å². The Labute approximate surface area is 114 Å². The summed E-state index contributed by atoms with van der Waals surface area (Å²) in [5.74, 6) is 0. The summed E-state index contributed by atoms with van der Waals surface area (Å²) < 4.78 is 1.87. The molecule has 0 radical (unpaired) electrons. The largest absolute Gasteiger partial charge is 0.313 e. The van der Waals surface area contributed by atoms with Gasteiger partial charge in [-0.15, -0.1) is 0 Å². The first-order chi connectivity index (χ1) is 9.24. The van der Waals surface area contributed by atoms with Crippen molar-refractivity contribution in [1.29, 1.82) is 0 Å². The number of aryl methyl sites for hydroxylation is 2. The lowest BCUT2D eigenvalue weighted by Gasteiger charge is -2.05. The highest BCUT2D eigenvalue weighted by atomic mass is 15.2. The molecule has 2 aromatic rings. The van der Waals surface area contributed by atoms with E-state index in [1.54, 1.807) is 0 Å². The molecule has 0 unspecified atom stereocenters. The lowest BCUT2D eigenvalue weighted by atomic mass is 10.1. The third-order valence-electron chi connectivity index (χ3n) is 3.10. The number of hydrogen-bond acceptors (Lipinski definition) is 3. The van der Waals surface area contributed by atoms with Crippen molar-refractivity contribution in [2.24, 2.45) is 7.05 Å². The van der Waals surface area contributed by atoms with E-state index in [2.05, 4.69) is 41.5 Å². The molecule has 0 bridgehead atoms. The van der Waals surface area contributed by atoms with E-state index in [-0.39, 0.29) is 0 Å². The van der Waals surface area contributed by atoms with E-state index in [1.165, 1.54) is 11.1 Å². The summed E-state index contributed by atoms with van der Waals surface area (Å²) in [4.78, 5) is 4.35. The number of hydrogen-bond donors (Lipinski definition) is 1. The van der Waals surface area contributed by atoms with Gasteiger partial charge in [-0.25, -0.2) is 0 Å². The Hall–Kier alpha value is -1.68. The minimum atomic E-state index is 0.871. The van der Waals surface area contributed by atoms with Crippen LogP contribution in [0.5, 0.6) is 0 Å². The number of pyridine rings is 1. The van der Waals surface area contributed by atoms with Crippen molar-refractivity contribution in [2.75, 3.05) is 6.54 Å². The van der Waals surface area contributed by atoms with Crippen LogP contribution in [0, 0.1) is 0 Å². The highest BCUT2D eigenvalue weighted by Gasteiger charge is 2.09. The van der Waals surface area contributed by atoms with Gasteiger partial charge in [-0.2, -0.15) is 5.10 Å². The molecular formula is C15H22N4. The van der Waals surface area contributed by atoms with Crippen LogP contribution < -0.4 is 5.32 Å². The highest BCUT2D eigenvalue weighted by Crippen LogP contribution is 2.23. The van der Waals surface area contributed by atoms with Crippen LogP contribution in [0.3, 0.4) is 0 Å². The van der Waals surface area contributed by atoms with Crippen LogP contribution in [0.25, 0.3) is 11.1 Å². The molecule has 0 aliphatic carbocycles. The zero-order valence-corrected chi connectivity index (χ0v) is 12.0. The summed E-state index contributed by atoms with van der Waals surface area (Å²) >= 11 is 0. The average molecular weight is 258 g/mol. The monoisotopic (exact) mass is 258 g/mol. The van der Waals surface area contributed by atoms with E-state index in [0.717, 1.165) is 37.2 Å². The lowest BCUT2D eigenvalue weighted by molar-refractivity contribution is 0.674. The zero-order chi connectivity index (χ0) is 13.7. The molecule has 1 N–H and O–H groups in total. The van der Waals surface area contributed by atoms with Gasteiger partial charge in [-0.1, -0.05) is 13.8 Å². The first-order valence-electron chi connectivity index (χ1n) is 6.92. The van der Waals surface area contributed by atoms with Crippen molar-refractivity contribution in [2.45, 2.75) is 33.2 Å². The first-order valence-corrected chi connectivity index (χ1v) is 6.92. The first kappa shape index (κ1) is 13.7. The van der Waals surface area contributed by atoms with Crippen LogP contribution in [-0.2, 0) is 20.0 Å². The summed E-state index contributed by atoms with van der Waals surface area (Å²) in [7, 11) is 1.96. The molecule has 0 aliphatic heterocycles. The van der Waals surface area contributed by atoms with Gasteiger partial charge in [-0.3, -0.25) is 9.67 Å². The van der Waals surface area contributed by atoms with Crippen molar-refractivity contribution in [3.05, 3.63) is 35.9 Å². The number of rotatable bonds is 6. The molecule has 4 heteroatoms. The van der Waals surface area contributed by atoms with Gasteiger partial charge >= 0.3 is 0 Å². The molecule has 0 saturated carbocycles. The van der Waals surface area contributed by atoms with Gasteiger partial charge in [0.2, 0.25) is 0 Å². The molecule has 0 saturated heterocycles. The van der Waals surface area contributed by atoms with E-state index in [1.807, 2.05) is 24.1 Å². The van der Waals surface area contributed by atoms with Gasteiger partial charge in [0.15, 0.2) is 0 Å². The van der Waals surface area contributed by atoms with Gasteiger partial charge in [0.05, 0.1) is 5.69 Å². The smallest absolute Gasteiger partial charge is 0.0700 e. The van der Waals surface area contributed by atoms with E-state index in [4.69, 9.17) is 0 Å². The van der Waals surface area contributed by atoms with Crippen molar-refractivity contribution < 1.29 is 0 Å². The Bertz CT molecular complexity index is 531. The molecule has 0 spiro atoms. The maximum absolute atomic E-state index is 4.48. The quantitative estimate of drug-likeness (QED) is 0.810. The Morgan fingerprint density at radius 3 is 2.84 bits per heavy atom. The standard InChI is InChI=1S/C15H22N4/c1-4-6-16-8-12-7-13(10-17-9-12)14-11-19(3)18-15(14)5-2/h7,9-11,16H,4-6,8H2,1-3H3. The normalized spacial score (nSPS) is 10.9. The van der Waals surface area contributed by atoms with Crippen molar-refractivity contribution in [3.63, 3.8) is 0 Å². The predicted octanol–water partition coefficient (Wildman–Crippen LogP) is 2.54. The minimum Gasteiger partial charge on any atom is -0.313 e. The molecular weight excluding hydrogens is 236 g/mol. The third kappa shape index (κ3) is 3.41. The fourth-order valence-electron chi connectivity index (χ4n) is 2.18. The minimum absolute atomic E-state index is 0.871. The predicted molar refractivity (Wildman–Crippen MR) is 77.8 cm³/mol. The maximum Gasteiger partial charge on any atom is 0.0700 e. The van der Waals surface area contributed by atoms with Gasteiger partial charge < -0.3 is 5.32 Å². The van der Waals surface area contributed by atoms with E-state index in [9.17, 15) is 0 Å². The van der Waals surface area contributed by atoms with Crippen LogP contribution in [0.4, 0.5) is 0 Å². The van der Waals surface area contributed by atoms with Gasteiger partial charge in [-0.05, 0) is 31.0 Å². The molecule has 19 heavy (non-hydrogen) atoms. The lowest BCUT2D eigenvalue weighted by Crippen LogP contribution is -2.13. The Balaban J connectivity index is 2.22. The van der Waals surface area contributed by atoms with Crippen LogP contribution in [-0.4, -0.2) is 21.3 Å². The van der Waals surface area contributed by atoms with Crippen molar-refractivity contribution >= 4 is 0 Å². The van der Waals surface area contributed by atoms with Gasteiger partial charge in [0.1, 0.15) is 0 Å². The molecule has 4 nitrogen and oxygen atoms in total. The average Bonchev–Trinajstić information content (AvgIpc) is 2.81. The summed E-state index contributed by atoms with van der Waals surface area (Å²) in [6.07, 6.45) is 8.00. The second-order valence-corrected chi connectivity index (χ2v) is 4.78. The van der Waals surface area contributed by atoms with E-state index >= 15 is 0 Å². The Morgan fingerprint density at radius 2 is 2.11 bits per heavy atom. The second-order valence-electron chi connectivity index (χ2n) is 4.78. The molecule has 102 valence electrons. The fraction of sp³-hybridized carbons (Fsp3) is 0.467. The van der Waals surface area contributed by atoms with Crippen LogP contribution in [0.15, 0.2) is 24.7 Å². The summed E-state index contributed by atoms with van der Waals surface area (Å²) in [6, 6.07) is 2.20. The second kappa shape index (κ2) is 6.48.